The van der Waals surface area contributed by atoms with Crippen molar-refractivity contribution >= 4 is 32.5 Å². The first kappa shape index (κ1) is 17.5. The van der Waals surface area contributed by atoms with Crippen molar-refractivity contribution in [2.75, 3.05) is 24.2 Å². The van der Waals surface area contributed by atoms with E-state index in [1.54, 1.807) is 29.2 Å². The van der Waals surface area contributed by atoms with Gasteiger partial charge in [0.1, 0.15) is 0 Å². The van der Waals surface area contributed by atoms with Crippen molar-refractivity contribution in [3.05, 3.63) is 54.1 Å². The molecule has 3 aromatic rings. The zero-order valence-corrected chi connectivity index (χ0v) is 15.9. The number of nitrogens with zero attached hydrogens (tertiary/aromatic N) is 2. The molecule has 4 rings (SSSR count). The van der Waals surface area contributed by atoms with Gasteiger partial charge in [-0.05, 0) is 42.8 Å². The van der Waals surface area contributed by atoms with Gasteiger partial charge >= 0.3 is 6.03 Å². The number of sulfone groups is 1. The number of nitrogens with one attached hydrogen (secondary N) is 1. The summed E-state index contributed by atoms with van der Waals surface area (Å²) in [5, 5.41) is 3.82. The van der Waals surface area contributed by atoms with Crippen molar-refractivity contribution in [2.45, 2.75) is 11.8 Å². The summed E-state index contributed by atoms with van der Waals surface area (Å²) in [5.41, 5.74) is 4.29. The first-order valence-corrected chi connectivity index (χ1v) is 10.5. The Morgan fingerprint density at radius 1 is 1.07 bits per heavy atom. The largest absolute Gasteiger partial charge is 0.336 e. The molecule has 2 heterocycles. The van der Waals surface area contributed by atoms with Gasteiger partial charge in [-0.3, -0.25) is 4.90 Å². The number of hydrogen-bond donors (Lipinski definition) is 1. The van der Waals surface area contributed by atoms with E-state index in [0.717, 1.165) is 33.4 Å². The summed E-state index contributed by atoms with van der Waals surface area (Å²) < 4.78 is 23.3. The van der Waals surface area contributed by atoms with Gasteiger partial charge < -0.3 is 5.32 Å². The molecular weight excluding hydrogens is 362 g/mol. The lowest BCUT2D eigenvalue weighted by Crippen LogP contribution is -2.27. The van der Waals surface area contributed by atoms with Crippen molar-refractivity contribution in [1.29, 1.82) is 0 Å². The van der Waals surface area contributed by atoms with Crippen LogP contribution in [0.15, 0.2) is 53.4 Å². The molecule has 1 aliphatic heterocycles. The molecule has 2 aromatic carbocycles. The minimum atomic E-state index is -3.23. The predicted octanol–water partition coefficient (Wildman–Crippen LogP) is 3.14. The third-order valence-corrected chi connectivity index (χ3v) is 5.88. The van der Waals surface area contributed by atoms with Gasteiger partial charge in [-0.25, -0.2) is 18.2 Å². The molecule has 1 fully saturated rings. The van der Waals surface area contributed by atoms with Gasteiger partial charge in [-0.2, -0.15) is 0 Å². The molecule has 0 bridgehead atoms. The highest BCUT2D eigenvalue weighted by molar-refractivity contribution is 7.90. The van der Waals surface area contributed by atoms with Crippen LogP contribution in [0.5, 0.6) is 0 Å². The van der Waals surface area contributed by atoms with Crippen LogP contribution in [0.1, 0.15) is 5.56 Å². The Labute approximate surface area is 157 Å². The number of carbonyl (C=O) groups is 1. The van der Waals surface area contributed by atoms with E-state index in [2.05, 4.69) is 5.32 Å². The van der Waals surface area contributed by atoms with Crippen LogP contribution in [0, 0.1) is 6.92 Å². The maximum absolute atomic E-state index is 11.9. The SMILES string of the molecule is Cc1cc(-c2ccc(S(C)(=O)=O)cc2)nc2cc(N3CCNC3=O)ccc12. The average molecular weight is 381 g/mol. The molecule has 2 amide bonds. The summed E-state index contributed by atoms with van der Waals surface area (Å²) in [6.07, 6.45) is 1.19. The molecule has 6 nitrogen and oxygen atoms in total. The molecule has 27 heavy (non-hydrogen) atoms. The number of aromatic nitrogens is 1. The number of urea groups is 1. The van der Waals surface area contributed by atoms with Crippen LogP contribution in [0.25, 0.3) is 22.2 Å². The molecule has 1 aliphatic rings. The summed E-state index contributed by atoms with van der Waals surface area (Å²) in [5.74, 6) is 0. The number of carbonyl (C=O) groups excluding carboxylic acids is 1. The molecule has 0 saturated carbocycles. The lowest BCUT2D eigenvalue weighted by Gasteiger charge is -2.15. The summed E-state index contributed by atoms with van der Waals surface area (Å²) in [6.45, 7) is 3.28. The maximum Gasteiger partial charge on any atom is 0.321 e. The third-order valence-electron chi connectivity index (χ3n) is 4.75. The van der Waals surface area contributed by atoms with Gasteiger partial charge in [-0.15, -0.1) is 0 Å². The molecule has 0 spiro atoms. The zero-order valence-electron chi connectivity index (χ0n) is 15.1. The van der Waals surface area contributed by atoms with E-state index in [-0.39, 0.29) is 10.9 Å². The number of aryl methyl sites for hydroxylation is 1. The molecule has 138 valence electrons. The molecule has 1 saturated heterocycles. The van der Waals surface area contributed by atoms with Crippen LogP contribution >= 0.6 is 0 Å². The Bertz CT molecular complexity index is 1160. The van der Waals surface area contributed by atoms with Crippen LogP contribution in [0.4, 0.5) is 10.5 Å². The van der Waals surface area contributed by atoms with E-state index in [1.165, 1.54) is 6.26 Å². The minimum Gasteiger partial charge on any atom is -0.336 e. The van der Waals surface area contributed by atoms with E-state index < -0.39 is 9.84 Å². The highest BCUT2D eigenvalue weighted by Gasteiger charge is 2.21. The molecular formula is C20H19N3O3S. The maximum atomic E-state index is 11.9. The first-order chi connectivity index (χ1) is 12.8. The van der Waals surface area contributed by atoms with E-state index in [0.29, 0.717) is 13.1 Å². The Balaban J connectivity index is 1.78. The van der Waals surface area contributed by atoms with Gasteiger partial charge in [0.25, 0.3) is 0 Å². The van der Waals surface area contributed by atoms with Crippen molar-refractivity contribution in [3.8, 4) is 11.3 Å². The van der Waals surface area contributed by atoms with Crippen molar-refractivity contribution < 1.29 is 13.2 Å². The summed E-state index contributed by atoms with van der Waals surface area (Å²) in [6, 6.07) is 14.4. The molecule has 0 aliphatic carbocycles. The smallest absolute Gasteiger partial charge is 0.321 e. The summed E-state index contributed by atoms with van der Waals surface area (Å²) in [4.78, 5) is 18.7. The normalized spacial score (nSPS) is 14.6. The highest BCUT2D eigenvalue weighted by Crippen LogP contribution is 2.28. The standard InChI is InChI=1S/C20H19N3O3S/c1-13-11-18(14-3-6-16(7-4-14)27(2,25)26)22-19-12-15(5-8-17(13)19)23-10-9-21-20(23)24/h3-8,11-12H,9-10H2,1-2H3,(H,21,24). The molecule has 0 atom stereocenters. The van der Waals surface area contributed by atoms with Crippen molar-refractivity contribution in [3.63, 3.8) is 0 Å². The topological polar surface area (TPSA) is 79.4 Å². The Hall–Kier alpha value is -2.93. The molecule has 0 unspecified atom stereocenters. The Morgan fingerprint density at radius 2 is 1.81 bits per heavy atom. The second kappa shape index (κ2) is 6.35. The lowest BCUT2D eigenvalue weighted by atomic mass is 10.0. The molecule has 7 heteroatoms. The second-order valence-corrected chi connectivity index (χ2v) is 8.72. The minimum absolute atomic E-state index is 0.0985. The predicted molar refractivity (Wildman–Crippen MR) is 106 cm³/mol. The number of fused-ring (bicyclic) bond motifs is 1. The molecule has 1 N–H and O–H groups in total. The van der Waals surface area contributed by atoms with Crippen LogP contribution in [-0.2, 0) is 9.84 Å². The van der Waals surface area contributed by atoms with E-state index >= 15 is 0 Å². The van der Waals surface area contributed by atoms with Crippen molar-refractivity contribution in [2.24, 2.45) is 0 Å². The van der Waals surface area contributed by atoms with Crippen LogP contribution in [0.3, 0.4) is 0 Å². The van der Waals surface area contributed by atoms with Crippen LogP contribution < -0.4 is 10.2 Å². The second-order valence-electron chi connectivity index (χ2n) is 6.71. The Kier molecular flexibility index (Phi) is 4.11. The van der Waals surface area contributed by atoms with Crippen molar-refractivity contribution in [1.82, 2.24) is 10.3 Å². The number of rotatable bonds is 3. The number of pyridine rings is 1. The quantitative estimate of drug-likeness (QED) is 0.756. The summed E-state index contributed by atoms with van der Waals surface area (Å²) in [7, 11) is -3.23. The van der Waals surface area contributed by atoms with Gasteiger partial charge in [0.2, 0.25) is 0 Å². The number of anilines is 1. The highest BCUT2D eigenvalue weighted by atomic mass is 32.2. The van der Waals surface area contributed by atoms with E-state index in [1.807, 2.05) is 31.2 Å². The third kappa shape index (κ3) is 3.26. The first-order valence-electron chi connectivity index (χ1n) is 8.60. The van der Waals surface area contributed by atoms with Gasteiger partial charge in [0, 0.05) is 36.0 Å². The summed E-state index contributed by atoms with van der Waals surface area (Å²) >= 11 is 0. The molecule has 1 aromatic heterocycles. The zero-order chi connectivity index (χ0) is 19.2. The van der Waals surface area contributed by atoms with E-state index in [4.69, 9.17) is 4.98 Å². The van der Waals surface area contributed by atoms with Gasteiger partial charge in [0.05, 0.1) is 16.1 Å². The lowest BCUT2D eigenvalue weighted by molar-refractivity contribution is 0.252. The van der Waals surface area contributed by atoms with Gasteiger partial charge in [0.15, 0.2) is 9.84 Å². The molecule has 0 radical (unpaired) electrons. The Morgan fingerprint density at radius 3 is 2.44 bits per heavy atom. The van der Waals surface area contributed by atoms with E-state index in [9.17, 15) is 13.2 Å². The number of hydrogen-bond acceptors (Lipinski definition) is 4. The van der Waals surface area contributed by atoms with Gasteiger partial charge in [-0.1, -0.05) is 18.2 Å². The fourth-order valence-corrected chi connectivity index (χ4v) is 3.93. The fourth-order valence-electron chi connectivity index (χ4n) is 3.30. The van der Waals surface area contributed by atoms with Crippen LogP contribution in [-0.4, -0.2) is 38.8 Å². The van der Waals surface area contributed by atoms with Crippen LogP contribution in [0.2, 0.25) is 0 Å². The average Bonchev–Trinajstić information content (AvgIpc) is 3.06. The monoisotopic (exact) mass is 381 g/mol. The number of amides is 2. The fraction of sp³-hybridized carbons (Fsp3) is 0.200. The number of benzene rings is 2.